The van der Waals surface area contributed by atoms with Crippen LogP contribution in [0.3, 0.4) is 0 Å². The van der Waals surface area contributed by atoms with Gasteiger partial charge >= 0.3 is 0 Å². The predicted molar refractivity (Wildman–Crippen MR) is 108 cm³/mol. The van der Waals surface area contributed by atoms with Crippen LogP contribution in [-0.2, 0) is 0 Å². The Morgan fingerprint density at radius 2 is 1.92 bits per heavy atom. The molecule has 0 saturated heterocycles. The summed E-state index contributed by atoms with van der Waals surface area (Å²) >= 11 is 1.74. The van der Waals surface area contributed by atoms with E-state index in [1.807, 2.05) is 26.2 Å². The Labute approximate surface area is 156 Å². The Kier molecular flexibility index (Phi) is 4.69. The summed E-state index contributed by atoms with van der Waals surface area (Å²) in [5.41, 5.74) is 2.73. The molecule has 26 heavy (non-hydrogen) atoms. The molecule has 0 bridgehead atoms. The highest BCUT2D eigenvalue weighted by Gasteiger charge is 2.12. The largest absolute Gasteiger partial charge is 0.472 e. The average Bonchev–Trinajstić information content (AvgIpc) is 3.31. The van der Waals surface area contributed by atoms with Gasteiger partial charge in [-0.25, -0.2) is 9.97 Å². The summed E-state index contributed by atoms with van der Waals surface area (Å²) in [4.78, 5) is 12.7. The zero-order chi connectivity index (χ0) is 17.9. The first-order valence-corrected chi connectivity index (χ1v) is 9.30. The lowest BCUT2D eigenvalue weighted by molar-refractivity contribution is 0.425. The van der Waals surface area contributed by atoms with Crippen LogP contribution < -0.4 is 5.32 Å². The van der Waals surface area contributed by atoms with Gasteiger partial charge in [-0.1, -0.05) is 18.2 Å². The van der Waals surface area contributed by atoms with Crippen molar-refractivity contribution in [3.8, 4) is 21.8 Å². The van der Waals surface area contributed by atoms with Crippen molar-refractivity contribution in [3.63, 3.8) is 0 Å². The number of hydrogen-bond acceptors (Lipinski definition) is 6. The summed E-state index contributed by atoms with van der Waals surface area (Å²) in [5, 5.41) is 4.57. The first-order valence-electron chi connectivity index (χ1n) is 8.48. The minimum Gasteiger partial charge on any atom is -0.472 e. The Balaban J connectivity index is 1.73. The molecule has 1 N–H and O–H groups in total. The lowest BCUT2D eigenvalue weighted by Gasteiger charge is -2.11. The normalized spacial score (nSPS) is 11.3. The molecule has 5 nitrogen and oxygen atoms in total. The lowest BCUT2D eigenvalue weighted by atomic mass is 10.2. The van der Waals surface area contributed by atoms with Crippen molar-refractivity contribution in [2.45, 2.75) is 0 Å². The van der Waals surface area contributed by atoms with Crippen LogP contribution in [0.15, 0.2) is 59.4 Å². The quantitative estimate of drug-likeness (QED) is 0.542. The molecule has 0 atom stereocenters. The molecule has 0 unspecified atom stereocenters. The van der Waals surface area contributed by atoms with Gasteiger partial charge in [-0.15, -0.1) is 11.3 Å². The third-order valence-corrected chi connectivity index (χ3v) is 5.20. The maximum atomic E-state index is 5.23. The van der Waals surface area contributed by atoms with Gasteiger partial charge in [-0.05, 0) is 43.7 Å². The molecule has 4 rings (SSSR count). The topological polar surface area (TPSA) is 54.2 Å². The zero-order valence-electron chi connectivity index (χ0n) is 14.8. The highest BCUT2D eigenvalue weighted by Crippen LogP contribution is 2.34. The number of rotatable bonds is 6. The molecule has 3 heterocycles. The summed E-state index contributed by atoms with van der Waals surface area (Å²) < 4.78 is 6.49. The van der Waals surface area contributed by atoms with Crippen molar-refractivity contribution in [1.29, 1.82) is 0 Å². The van der Waals surface area contributed by atoms with E-state index in [1.54, 1.807) is 23.9 Å². The summed E-state index contributed by atoms with van der Waals surface area (Å²) in [7, 11) is 4.10. The van der Waals surface area contributed by atoms with Gasteiger partial charge in [0.2, 0.25) is 5.95 Å². The number of anilines is 1. The molecule has 0 fully saturated rings. The van der Waals surface area contributed by atoms with Crippen LogP contribution in [0.25, 0.3) is 31.9 Å². The fourth-order valence-corrected chi connectivity index (χ4v) is 3.73. The standard InChI is InChI=1S/C20H20N4OS/c1-24(2)9-8-21-20-22-16(15-7-10-25-13-15)12-17(23-20)19-11-14-5-3-4-6-18(14)26-19/h3-7,10-13H,8-9H2,1-2H3,(H,21,22,23). The number of nitrogens with zero attached hydrogens (tertiary/aromatic N) is 3. The predicted octanol–water partition coefficient (Wildman–Crippen LogP) is 4.59. The van der Waals surface area contributed by atoms with Gasteiger partial charge in [0.05, 0.1) is 28.8 Å². The van der Waals surface area contributed by atoms with Gasteiger partial charge in [0.15, 0.2) is 0 Å². The van der Waals surface area contributed by atoms with E-state index in [2.05, 4.69) is 45.5 Å². The van der Waals surface area contributed by atoms with Gasteiger partial charge in [0.1, 0.15) is 0 Å². The Bertz CT molecular complexity index is 975. The molecule has 0 aliphatic heterocycles. The van der Waals surface area contributed by atoms with E-state index in [9.17, 15) is 0 Å². The Morgan fingerprint density at radius 1 is 1.08 bits per heavy atom. The molecule has 3 aromatic heterocycles. The minimum absolute atomic E-state index is 0.637. The molecule has 0 aliphatic carbocycles. The molecule has 1 aromatic carbocycles. The van der Waals surface area contributed by atoms with Crippen LogP contribution in [0.4, 0.5) is 5.95 Å². The van der Waals surface area contributed by atoms with Gasteiger partial charge in [-0.3, -0.25) is 0 Å². The molecule has 4 aromatic rings. The number of thiophene rings is 1. The molecular formula is C20H20N4OS. The average molecular weight is 364 g/mol. The van der Waals surface area contributed by atoms with Crippen LogP contribution in [-0.4, -0.2) is 42.1 Å². The third-order valence-electron chi connectivity index (χ3n) is 4.06. The molecular weight excluding hydrogens is 344 g/mol. The first kappa shape index (κ1) is 16.8. The van der Waals surface area contributed by atoms with E-state index >= 15 is 0 Å². The smallest absolute Gasteiger partial charge is 0.223 e. The summed E-state index contributed by atoms with van der Waals surface area (Å²) in [6.45, 7) is 1.70. The number of benzene rings is 1. The van der Waals surface area contributed by atoms with Crippen LogP contribution >= 0.6 is 11.3 Å². The van der Waals surface area contributed by atoms with E-state index in [4.69, 9.17) is 9.40 Å². The number of hydrogen-bond donors (Lipinski definition) is 1. The van der Waals surface area contributed by atoms with E-state index in [1.165, 1.54) is 10.1 Å². The SMILES string of the molecule is CN(C)CCNc1nc(-c2ccoc2)cc(-c2cc3ccccc3s2)n1. The highest BCUT2D eigenvalue weighted by molar-refractivity contribution is 7.22. The number of aromatic nitrogens is 2. The van der Waals surface area contributed by atoms with Gasteiger partial charge in [0.25, 0.3) is 0 Å². The monoisotopic (exact) mass is 364 g/mol. The molecule has 0 saturated carbocycles. The second-order valence-corrected chi connectivity index (χ2v) is 7.44. The first-order chi connectivity index (χ1) is 12.7. The van der Waals surface area contributed by atoms with E-state index in [-0.39, 0.29) is 0 Å². The fourth-order valence-electron chi connectivity index (χ4n) is 2.71. The van der Waals surface area contributed by atoms with Crippen molar-refractivity contribution < 1.29 is 4.42 Å². The minimum atomic E-state index is 0.637. The lowest BCUT2D eigenvalue weighted by Crippen LogP contribution is -2.21. The van der Waals surface area contributed by atoms with E-state index in [0.717, 1.165) is 34.9 Å². The number of furan rings is 1. The maximum Gasteiger partial charge on any atom is 0.223 e. The van der Waals surface area contributed by atoms with Crippen molar-refractivity contribution in [2.75, 3.05) is 32.5 Å². The maximum absolute atomic E-state index is 5.23. The molecule has 0 amide bonds. The van der Waals surface area contributed by atoms with E-state index < -0.39 is 0 Å². The Morgan fingerprint density at radius 3 is 2.69 bits per heavy atom. The van der Waals surface area contributed by atoms with Gasteiger partial charge in [-0.2, -0.15) is 0 Å². The van der Waals surface area contributed by atoms with E-state index in [0.29, 0.717) is 5.95 Å². The van der Waals surface area contributed by atoms with Gasteiger partial charge < -0.3 is 14.6 Å². The summed E-state index contributed by atoms with van der Waals surface area (Å²) in [5.74, 6) is 0.637. The van der Waals surface area contributed by atoms with Crippen molar-refractivity contribution >= 4 is 27.4 Å². The number of nitrogens with one attached hydrogen (secondary N) is 1. The van der Waals surface area contributed by atoms with Gasteiger partial charge in [0, 0.05) is 23.4 Å². The van der Waals surface area contributed by atoms with Crippen LogP contribution in [0.2, 0.25) is 0 Å². The summed E-state index contributed by atoms with van der Waals surface area (Å²) in [6, 6.07) is 14.5. The van der Waals surface area contributed by atoms with Crippen molar-refractivity contribution in [3.05, 3.63) is 55.0 Å². The third kappa shape index (κ3) is 3.61. The van der Waals surface area contributed by atoms with Crippen LogP contribution in [0.5, 0.6) is 0 Å². The number of likely N-dealkylation sites (N-methyl/N-ethyl adjacent to an activating group) is 1. The summed E-state index contributed by atoms with van der Waals surface area (Å²) in [6.07, 6.45) is 3.37. The second kappa shape index (κ2) is 7.27. The molecule has 132 valence electrons. The molecule has 0 radical (unpaired) electrons. The number of fused-ring (bicyclic) bond motifs is 1. The Hall–Kier alpha value is -2.70. The molecule has 6 heteroatoms. The van der Waals surface area contributed by atoms with Crippen LogP contribution in [0.1, 0.15) is 0 Å². The highest BCUT2D eigenvalue weighted by atomic mass is 32.1. The fraction of sp³-hybridized carbons (Fsp3) is 0.200. The van der Waals surface area contributed by atoms with Crippen molar-refractivity contribution in [2.24, 2.45) is 0 Å². The second-order valence-electron chi connectivity index (χ2n) is 6.35. The zero-order valence-corrected chi connectivity index (χ0v) is 15.6. The molecule has 0 aliphatic rings. The van der Waals surface area contributed by atoms with Crippen molar-refractivity contribution in [1.82, 2.24) is 14.9 Å². The molecule has 0 spiro atoms. The van der Waals surface area contributed by atoms with Crippen LogP contribution in [0, 0.1) is 0 Å².